The quantitative estimate of drug-likeness (QED) is 0.857. The minimum absolute atomic E-state index is 0.212. The maximum atomic E-state index is 12.1. The zero-order valence-corrected chi connectivity index (χ0v) is 12.2. The number of Topliss-reactive ketones (excluding diaryl/α,β-unsaturated/α-hetero) is 1. The zero-order chi connectivity index (χ0) is 13.1. The van der Waals surface area contributed by atoms with Crippen LogP contribution in [0.4, 0.5) is 0 Å². The van der Waals surface area contributed by atoms with Gasteiger partial charge in [0, 0.05) is 10.9 Å². The number of hydrogen-bond acceptors (Lipinski definition) is 4. The molecule has 1 fully saturated rings. The van der Waals surface area contributed by atoms with Crippen LogP contribution in [-0.4, -0.2) is 21.8 Å². The predicted octanol–water partition coefficient (Wildman–Crippen LogP) is 3.82. The van der Waals surface area contributed by atoms with Crippen LogP contribution in [0.3, 0.4) is 0 Å². The summed E-state index contributed by atoms with van der Waals surface area (Å²) in [6.45, 7) is 0. The lowest BCUT2D eigenvalue weighted by atomic mass is 10.1. The summed E-state index contributed by atoms with van der Waals surface area (Å²) in [5.74, 6) is 1.47. The predicted molar refractivity (Wildman–Crippen MR) is 81.7 cm³/mol. The molecule has 1 aromatic heterocycles. The number of ketones is 1. The Labute approximate surface area is 121 Å². The van der Waals surface area contributed by atoms with Crippen LogP contribution in [0.25, 0.3) is 11.3 Å². The zero-order valence-electron chi connectivity index (χ0n) is 10.5. The molecule has 1 aliphatic heterocycles. The smallest absolute Gasteiger partial charge is 0.152 e. The standard InChI is InChI=1S/C15H15NOS2/c17-13(14-7-4-8-18-14)9-15-16-12(10-19-15)11-5-2-1-3-6-11/h1-3,5-6,10,14H,4,7-9H2. The van der Waals surface area contributed by atoms with Crippen molar-refractivity contribution in [3.05, 3.63) is 40.7 Å². The molecule has 0 amide bonds. The highest BCUT2D eigenvalue weighted by molar-refractivity contribution is 8.00. The molecule has 98 valence electrons. The summed E-state index contributed by atoms with van der Waals surface area (Å²) in [5.41, 5.74) is 2.10. The van der Waals surface area contributed by atoms with Gasteiger partial charge in [0.05, 0.1) is 17.4 Å². The van der Waals surface area contributed by atoms with Crippen LogP contribution in [0.5, 0.6) is 0 Å². The summed E-state index contributed by atoms with van der Waals surface area (Å²) in [6.07, 6.45) is 2.71. The van der Waals surface area contributed by atoms with Crippen LogP contribution in [0, 0.1) is 0 Å². The van der Waals surface area contributed by atoms with E-state index in [-0.39, 0.29) is 5.25 Å². The number of carbonyl (C=O) groups excluding carboxylic acids is 1. The molecule has 2 aromatic rings. The van der Waals surface area contributed by atoms with E-state index in [4.69, 9.17) is 0 Å². The van der Waals surface area contributed by atoms with Crippen LogP contribution in [0.1, 0.15) is 17.8 Å². The normalized spacial score (nSPS) is 18.6. The lowest BCUT2D eigenvalue weighted by Crippen LogP contribution is -2.16. The van der Waals surface area contributed by atoms with Crippen LogP contribution in [-0.2, 0) is 11.2 Å². The van der Waals surface area contributed by atoms with E-state index in [0.717, 1.165) is 28.4 Å². The van der Waals surface area contributed by atoms with Crippen molar-refractivity contribution >= 4 is 28.9 Å². The number of hydrogen-bond donors (Lipinski definition) is 0. The van der Waals surface area contributed by atoms with Crippen molar-refractivity contribution in [3.63, 3.8) is 0 Å². The van der Waals surface area contributed by atoms with E-state index in [9.17, 15) is 4.79 Å². The Hall–Kier alpha value is -1.13. The van der Waals surface area contributed by atoms with E-state index in [1.807, 2.05) is 35.7 Å². The average molecular weight is 289 g/mol. The highest BCUT2D eigenvalue weighted by Crippen LogP contribution is 2.29. The molecule has 0 saturated carbocycles. The first kappa shape index (κ1) is 12.9. The summed E-state index contributed by atoms with van der Waals surface area (Å²) in [5, 5.41) is 3.19. The minimum Gasteiger partial charge on any atom is -0.298 e. The number of nitrogens with zero attached hydrogens (tertiary/aromatic N) is 1. The van der Waals surface area contributed by atoms with Gasteiger partial charge in [0.1, 0.15) is 5.01 Å². The summed E-state index contributed by atoms with van der Waals surface area (Å²) in [4.78, 5) is 16.7. The van der Waals surface area contributed by atoms with Gasteiger partial charge in [0.25, 0.3) is 0 Å². The van der Waals surface area contributed by atoms with Gasteiger partial charge in [-0.15, -0.1) is 11.3 Å². The fraction of sp³-hybridized carbons (Fsp3) is 0.333. The molecule has 1 saturated heterocycles. The molecule has 4 heteroatoms. The maximum absolute atomic E-state index is 12.1. The molecule has 3 rings (SSSR count). The maximum Gasteiger partial charge on any atom is 0.152 e. The second kappa shape index (κ2) is 5.88. The summed E-state index contributed by atoms with van der Waals surface area (Å²) in [6, 6.07) is 10.1. The van der Waals surface area contributed by atoms with Gasteiger partial charge in [-0.05, 0) is 18.6 Å². The molecule has 2 nitrogen and oxygen atoms in total. The molecule has 0 aliphatic carbocycles. The molecule has 1 atom stereocenters. The molecular weight excluding hydrogens is 274 g/mol. The van der Waals surface area contributed by atoms with E-state index in [1.165, 1.54) is 6.42 Å². The van der Waals surface area contributed by atoms with Crippen molar-refractivity contribution < 1.29 is 4.79 Å². The molecule has 1 unspecified atom stereocenters. The van der Waals surface area contributed by atoms with Gasteiger partial charge in [-0.25, -0.2) is 4.98 Å². The lowest BCUT2D eigenvalue weighted by molar-refractivity contribution is -0.117. The minimum atomic E-state index is 0.212. The van der Waals surface area contributed by atoms with Gasteiger partial charge in [-0.1, -0.05) is 30.3 Å². The van der Waals surface area contributed by atoms with Crippen molar-refractivity contribution in [2.75, 3.05) is 5.75 Å². The highest BCUT2D eigenvalue weighted by atomic mass is 32.2. The first-order chi connectivity index (χ1) is 9.33. The fourth-order valence-corrected chi connectivity index (χ4v) is 4.26. The number of carbonyl (C=O) groups is 1. The third kappa shape index (κ3) is 3.07. The largest absolute Gasteiger partial charge is 0.298 e. The van der Waals surface area contributed by atoms with Crippen LogP contribution in [0.15, 0.2) is 35.7 Å². The van der Waals surface area contributed by atoms with E-state index in [1.54, 1.807) is 23.1 Å². The van der Waals surface area contributed by atoms with Gasteiger partial charge < -0.3 is 0 Å². The van der Waals surface area contributed by atoms with Crippen LogP contribution < -0.4 is 0 Å². The van der Waals surface area contributed by atoms with Crippen molar-refractivity contribution in [3.8, 4) is 11.3 Å². The Balaban J connectivity index is 1.70. The monoisotopic (exact) mass is 289 g/mol. The number of thiazole rings is 1. The van der Waals surface area contributed by atoms with Crippen molar-refractivity contribution in [2.45, 2.75) is 24.5 Å². The molecule has 1 aromatic carbocycles. The second-order valence-corrected chi connectivity index (χ2v) is 6.89. The van der Waals surface area contributed by atoms with Gasteiger partial charge in [-0.3, -0.25) is 4.79 Å². The number of benzene rings is 1. The molecule has 0 radical (unpaired) electrons. The van der Waals surface area contributed by atoms with Gasteiger partial charge in [-0.2, -0.15) is 11.8 Å². The molecule has 2 heterocycles. The molecule has 19 heavy (non-hydrogen) atoms. The van der Waals surface area contributed by atoms with E-state index < -0.39 is 0 Å². The Morgan fingerprint density at radius 3 is 2.89 bits per heavy atom. The van der Waals surface area contributed by atoms with Gasteiger partial charge in [0.15, 0.2) is 5.78 Å². The van der Waals surface area contributed by atoms with Crippen LogP contribution >= 0.6 is 23.1 Å². The molecule has 0 spiro atoms. The third-order valence-electron chi connectivity index (χ3n) is 3.24. The summed E-state index contributed by atoms with van der Waals surface area (Å²) < 4.78 is 0. The topological polar surface area (TPSA) is 30.0 Å². The Bertz CT molecular complexity index is 559. The number of thioether (sulfide) groups is 1. The fourth-order valence-electron chi connectivity index (χ4n) is 2.23. The van der Waals surface area contributed by atoms with E-state index in [2.05, 4.69) is 4.98 Å². The van der Waals surface area contributed by atoms with Gasteiger partial charge >= 0.3 is 0 Å². The number of rotatable bonds is 4. The second-order valence-electron chi connectivity index (χ2n) is 4.64. The van der Waals surface area contributed by atoms with Crippen molar-refractivity contribution in [1.29, 1.82) is 0 Å². The first-order valence-electron chi connectivity index (χ1n) is 6.47. The first-order valence-corrected chi connectivity index (χ1v) is 8.40. The molecule has 0 bridgehead atoms. The SMILES string of the molecule is O=C(Cc1nc(-c2ccccc2)cs1)C1CCCS1. The Kier molecular flexibility index (Phi) is 3.99. The Morgan fingerprint density at radius 2 is 2.16 bits per heavy atom. The summed E-state index contributed by atoms with van der Waals surface area (Å²) >= 11 is 3.39. The van der Waals surface area contributed by atoms with Gasteiger partial charge in [0.2, 0.25) is 0 Å². The lowest BCUT2D eigenvalue weighted by Gasteiger charge is -2.04. The molecule has 0 N–H and O–H groups in total. The van der Waals surface area contributed by atoms with Crippen molar-refractivity contribution in [2.24, 2.45) is 0 Å². The Morgan fingerprint density at radius 1 is 1.32 bits per heavy atom. The third-order valence-corrected chi connectivity index (χ3v) is 5.51. The van der Waals surface area contributed by atoms with E-state index >= 15 is 0 Å². The average Bonchev–Trinajstić information content (AvgIpc) is 3.11. The van der Waals surface area contributed by atoms with E-state index in [0.29, 0.717) is 12.2 Å². The number of aromatic nitrogens is 1. The highest BCUT2D eigenvalue weighted by Gasteiger charge is 2.24. The summed E-state index contributed by atoms with van der Waals surface area (Å²) in [7, 11) is 0. The van der Waals surface area contributed by atoms with Crippen LogP contribution in [0.2, 0.25) is 0 Å². The molecule has 1 aliphatic rings. The molecular formula is C15H15NOS2. The van der Waals surface area contributed by atoms with Crippen molar-refractivity contribution in [1.82, 2.24) is 4.98 Å².